The summed E-state index contributed by atoms with van der Waals surface area (Å²) >= 11 is 6.23. The van der Waals surface area contributed by atoms with Crippen molar-refractivity contribution in [3.8, 4) is 16.8 Å². The molecule has 0 atom stereocenters. The number of hydrogen-bond acceptors (Lipinski definition) is 2. The van der Waals surface area contributed by atoms with Crippen LogP contribution in [0.5, 0.6) is 0 Å². The van der Waals surface area contributed by atoms with Crippen LogP contribution >= 0.6 is 11.6 Å². The van der Waals surface area contributed by atoms with Gasteiger partial charge in [-0.1, -0.05) is 17.7 Å². The van der Waals surface area contributed by atoms with Gasteiger partial charge >= 0.3 is 6.18 Å². The SMILES string of the molecule is Fc1cc(C(F)(F)F)cc(F)c1-n1cc(-c2ccc(Cl)c(CNC3CC3)c2)cn1. The molecule has 0 bridgehead atoms. The maximum Gasteiger partial charge on any atom is 0.416 e. The lowest BCUT2D eigenvalue weighted by Crippen LogP contribution is -2.15. The summed E-state index contributed by atoms with van der Waals surface area (Å²) in [4.78, 5) is 0. The van der Waals surface area contributed by atoms with Crippen LogP contribution in [0.2, 0.25) is 5.02 Å². The van der Waals surface area contributed by atoms with Crippen molar-refractivity contribution in [1.29, 1.82) is 0 Å². The summed E-state index contributed by atoms with van der Waals surface area (Å²) in [5.41, 5.74) is 0.0766. The molecular weight excluding hydrogens is 413 g/mol. The second-order valence-corrected chi connectivity index (χ2v) is 7.33. The zero-order valence-corrected chi connectivity index (χ0v) is 15.7. The van der Waals surface area contributed by atoms with Crippen molar-refractivity contribution >= 4 is 11.6 Å². The lowest BCUT2D eigenvalue weighted by atomic mass is 10.1. The Morgan fingerprint density at radius 3 is 2.38 bits per heavy atom. The first-order valence-corrected chi connectivity index (χ1v) is 9.23. The van der Waals surface area contributed by atoms with E-state index in [2.05, 4.69) is 10.4 Å². The van der Waals surface area contributed by atoms with Gasteiger partial charge in [-0.15, -0.1) is 0 Å². The van der Waals surface area contributed by atoms with Gasteiger partial charge in [0.1, 0.15) is 5.69 Å². The fourth-order valence-corrected chi connectivity index (χ4v) is 3.16. The third-order valence-corrected chi connectivity index (χ3v) is 5.06. The Labute approximate surface area is 168 Å². The zero-order valence-electron chi connectivity index (χ0n) is 14.9. The molecule has 0 spiro atoms. The Morgan fingerprint density at radius 1 is 1.07 bits per heavy atom. The van der Waals surface area contributed by atoms with Crippen LogP contribution in [-0.4, -0.2) is 15.8 Å². The van der Waals surface area contributed by atoms with E-state index >= 15 is 0 Å². The molecule has 0 saturated heterocycles. The molecule has 0 aliphatic heterocycles. The highest BCUT2D eigenvalue weighted by molar-refractivity contribution is 6.31. The van der Waals surface area contributed by atoms with E-state index < -0.39 is 29.1 Å². The van der Waals surface area contributed by atoms with Crippen LogP contribution in [0.3, 0.4) is 0 Å². The fraction of sp³-hybridized carbons (Fsp3) is 0.250. The molecule has 2 aromatic carbocycles. The maximum atomic E-state index is 14.2. The van der Waals surface area contributed by atoms with Crippen molar-refractivity contribution in [3.05, 3.63) is 70.5 Å². The molecule has 9 heteroatoms. The summed E-state index contributed by atoms with van der Waals surface area (Å²) in [5, 5.41) is 7.87. The predicted octanol–water partition coefficient (Wildman–Crippen LogP) is 5.74. The Kier molecular flexibility index (Phi) is 5.08. The molecule has 0 radical (unpaired) electrons. The van der Waals surface area contributed by atoms with Gasteiger partial charge in [-0.2, -0.15) is 18.3 Å². The van der Waals surface area contributed by atoms with Crippen LogP contribution in [0.4, 0.5) is 22.0 Å². The molecule has 1 saturated carbocycles. The molecule has 0 unspecified atom stereocenters. The molecule has 1 heterocycles. The second kappa shape index (κ2) is 7.42. The van der Waals surface area contributed by atoms with Gasteiger partial charge in [0, 0.05) is 29.4 Å². The van der Waals surface area contributed by atoms with Crippen LogP contribution in [0, 0.1) is 11.6 Å². The molecule has 1 aliphatic carbocycles. The number of nitrogens with one attached hydrogen (secondary N) is 1. The van der Waals surface area contributed by atoms with Crippen LogP contribution in [-0.2, 0) is 12.7 Å². The van der Waals surface area contributed by atoms with E-state index in [9.17, 15) is 22.0 Å². The summed E-state index contributed by atoms with van der Waals surface area (Å²) in [6.07, 6.45) is 0.167. The van der Waals surface area contributed by atoms with Crippen molar-refractivity contribution in [1.82, 2.24) is 15.1 Å². The lowest BCUT2D eigenvalue weighted by Gasteiger charge is -2.10. The summed E-state index contributed by atoms with van der Waals surface area (Å²) in [6.45, 7) is 0.591. The Balaban J connectivity index is 1.64. The average Bonchev–Trinajstić information content (AvgIpc) is 3.35. The Morgan fingerprint density at radius 2 is 1.76 bits per heavy atom. The molecule has 4 rings (SSSR count). The second-order valence-electron chi connectivity index (χ2n) is 6.92. The van der Waals surface area contributed by atoms with Crippen molar-refractivity contribution < 1.29 is 22.0 Å². The van der Waals surface area contributed by atoms with Crippen LogP contribution in [0.15, 0.2) is 42.7 Å². The monoisotopic (exact) mass is 427 g/mol. The first-order chi connectivity index (χ1) is 13.7. The van der Waals surface area contributed by atoms with Gasteiger partial charge in [-0.05, 0) is 48.2 Å². The fourth-order valence-electron chi connectivity index (χ4n) is 2.97. The number of halogens is 6. The predicted molar refractivity (Wildman–Crippen MR) is 98.8 cm³/mol. The highest BCUT2D eigenvalue weighted by atomic mass is 35.5. The molecule has 152 valence electrons. The number of hydrogen-bond donors (Lipinski definition) is 1. The lowest BCUT2D eigenvalue weighted by molar-refractivity contribution is -0.138. The standard InChI is InChI=1S/C20H15ClF5N3/c21-16-4-1-11(5-12(16)8-27-15-2-3-15)13-9-28-29(10-13)19-17(22)6-14(7-18(19)23)20(24,25)26/h1,4-7,9-10,15,27H,2-3,8H2. The van der Waals surface area contributed by atoms with Crippen molar-refractivity contribution in [2.45, 2.75) is 31.6 Å². The normalized spacial score (nSPS) is 14.4. The van der Waals surface area contributed by atoms with E-state index in [1.165, 1.54) is 12.4 Å². The third-order valence-electron chi connectivity index (χ3n) is 4.69. The molecular formula is C20H15ClF5N3. The first-order valence-electron chi connectivity index (χ1n) is 8.86. The Hall–Kier alpha value is -2.45. The van der Waals surface area contributed by atoms with E-state index in [-0.39, 0.29) is 12.1 Å². The van der Waals surface area contributed by atoms with Gasteiger partial charge in [0.15, 0.2) is 11.6 Å². The number of alkyl halides is 3. The Bertz CT molecular complexity index is 1030. The molecule has 3 aromatic rings. The molecule has 1 aromatic heterocycles. The third kappa shape index (κ3) is 4.28. The number of benzene rings is 2. The summed E-state index contributed by atoms with van der Waals surface area (Å²) in [5.74, 6) is -2.70. The van der Waals surface area contributed by atoms with Gasteiger partial charge in [-0.25, -0.2) is 13.5 Å². The molecule has 29 heavy (non-hydrogen) atoms. The van der Waals surface area contributed by atoms with E-state index in [1.807, 2.05) is 6.07 Å². The highest BCUT2D eigenvalue weighted by Gasteiger charge is 2.33. The molecule has 1 N–H and O–H groups in total. The molecule has 1 aliphatic rings. The maximum absolute atomic E-state index is 14.2. The van der Waals surface area contributed by atoms with Crippen molar-refractivity contribution in [2.24, 2.45) is 0 Å². The quantitative estimate of drug-likeness (QED) is 0.526. The summed E-state index contributed by atoms with van der Waals surface area (Å²) in [6, 6.07) is 6.32. The summed E-state index contributed by atoms with van der Waals surface area (Å²) in [7, 11) is 0. The highest BCUT2D eigenvalue weighted by Crippen LogP contribution is 2.33. The molecule has 0 amide bonds. The van der Waals surface area contributed by atoms with E-state index in [1.54, 1.807) is 12.1 Å². The molecule has 3 nitrogen and oxygen atoms in total. The summed E-state index contributed by atoms with van der Waals surface area (Å²) < 4.78 is 67.5. The smallest absolute Gasteiger partial charge is 0.310 e. The van der Waals surface area contributed by atoms with Crippen LogP contribution < -0.4 is 5.32 Å². The topological polar surface area (TPSA) is 29.9 Å². The minimum Gasteiger partial charge on any atom is -0.310 e. The zero-order chi connectivity index (χ0) is 20.8. The number of nitrogens with zero attached hydrogens (tertiary/aromatic N) is 2. The largest absolute Gasteiger partial charge is 0.416 e. The van der Waals surface area contributed by atoms with E-state index in [4.69, 9.17) is 11.6 Å². The van der Waals surface area contributed by atoms with Gasteiger partial charge in [0.25, 0.3) is 0 Å². The minimum atomic E-state index is -4.84. The molecule has 1 fully saturated rings. The number of aromatic nitrogens is 2. The van der Waals surface area contributed by atoms with Crippen molar-refractivity contribution in [2.75, 3.05) is 0 Å². The van der Waals surface area contributed by atoms with Gasteiger partial charge in [-0.3, -0.25) is 0 Å². The van der Waals surface area contributed by atoms with Gasteiger partial charge in [0.2, 0.25) is 0 Å². The van der Waals surface area contributed by atoms with E-state index in [0.29, 0.717) is 23.2 Å². The average molecular weight is 428 g/mol. The van der Waals surface area contributed by atoms with Gasteiger partial charge in [0.05, 0.1) is 11.8 Å². The first kappa shape index (κ1) is 19.8. The van der Waals surface area contributed by atoms with Gasteiger partial charge < -0.3 is 5.32 Å². The van der Waals surface area contributed by atoms with Crippen LogP contribution in [0.25, 0.3) is 16.8 Å². The van der Waals surface area contributed by atoms with E-state index in [0.717, 1.165) is 28.7 Å². The van der Waals surface area contributed by atoms with Crippen molar-refractivity contribution in [3.63, 3.8) is 0 Å². The minimum absolute atomic E-state index is 0.254. The number of rotatable bonds is 5. The van der Waals surface area contributed by atoms with Crippen LogP contribution in [0.1, 0.15) is 24.0 Å².